The van der Waals surface area contributed by atoms with E-state index in [0.717, 1.165) is 6.42 Å². The Morgan fingerprint density at radius 3 is 2.45 bits per heavy atom. The average molecular weight is 159 g/mol. The Morgan fingerprint density at radius 1 is 1.55 bits per heavy atom. The SMILES string of the molecule is CC(C)(C)C[C@@H](N)COC=O. The lowest BCUT2D eigenvalue weighted by atomic mass is 9.89. The van der Waals surface area contributed by atoms with Gasteiger partial charge in [0.05, 0.1) is 0 Å². The van der Waals surface area contributed by atoms with Crippen LogP contribution in [0.3, 0.4) is 0 Å². The molecule has 0 bridgehead atoms. The number of ether oxygens (including phenoxy) is 1. The van der Waals surface area contributed by atoms with E-state index in [0.29, 0.717) is 13.1 Å². The predicted octanol–water partition coefficient (Wildman–Crippen LogP) is 0.923. The highest BCUT2D eigenvalue weighted by Gasteiger charge is 2.15. The zero-order chi connectivity index (χ0) is 8.91. The molecule has 66 valence electrons. The molecular formula is C8H17NO2. The van der Waals surface area contributed by atoms with Crippen LogP contribution in [0.5, 0.6) is 0 Å². The van der Waals surface area contributed by atoms with E-state index in [1.54, 1.807) is 0 Å². The molecule has 0 aromatic rings. The van der Waals surface area contributed by atoms with Gasteiger partial charge in [-0.25, -0.2) is 0 Å². The Hall–Kier alpha value is -0.570. The van der Waals surface area contributed by atoms with Crippen LogP contribution in [0.2, 0.25) is 0 Å². The van der Waals surface area contributed by atoms with Crippen molar-refractivity contribution in [3.63, 3.8) is 0 Å². The van der Waals surface area contributed by atoms with Crippen LogP contribution in [0, 0.1) is 5.41 Å². The molecule has 1 atom stereocenters. The standard InChI is InChI=1S/C8H17NO2/c1-8(2,3)4-7(9)5-11-6-10/h6-7H,4-5,9H2,1-3H3/t7-/m1/s1. The van der Waals surface area contributed by atoms with E-state index < -0.39 is 0 Å². The topological polar surface area (TPSA) is 52.3 Å². The zero-order valence-corrected chi connectivity index (χ0v) is 7.46. The van der Waals surface area contributed by atoms with E-state index in [4.69, 9.17) is 5.73 Å². The minimum absolute atomic E-state index is 0.0415. The summed E-state index contributed by atoms with van der Waals surface area (Å²) in [6.45, 7) is 7.07. The molecule has 0 aromatic carbocycles. The van der Waals surface area contributed by atoms with Gasteiger partial charge in [0.25, 0.3) is 6.47 Å². The summed E-state index contributed by atoms with van der Waals surface area (Å²) in [6.07, 6.45) is 0.862. The molecule has 2 N–H and O–H groups in total. The molecule has 3 heteroatoms. The lowest BCUT2D eigenvalue weighted by molar-refractivity contribution is -0.129. The predicted molar refractivity (Wildman–Crippen MR) is 44.1 cm³/mol. The monoisotopic (exact) mass is 159 g/mol. The average Bonchev–Trinajstić information content (AvgIpc) is 1.79. The van der Waals surface area contributed by atoms with Crippen molar-refractivity contribution in [1.29, 1.82) is 0 Å². The number of nitrogens with two attached hydrogens (primary N) is 1. The molecule has 0 rings (SSSR count). The van der Waals surface area contributed by atoms with Gasteiger partial charge in [-0.15, -0.1) is 0 Å². The van der Waals surface area contributed by atoms with Gasteiger partial charge in [0.2, 0.25) is 0 Å². The van der Waals surface area contributed by atoms with Crippen LogP contribution in [-0.4, -0.2) is 19.1 Å². The molecule has 0 spiro atoms. The molecule has 0 aliphatic rings. The van der Waals surface area contributed by atoms with Crippen molar-refractivity contribution in [2.75, 3.05) is 6.61 Å². The first kappa shape index (κ1) is 10.4. The molecule has 0 aliphatic heterocycles. The van der Waals surface area contributed by atoms with Crippen molar-refractivity contribution in [2.24, 2.45) is 11.1 Å². The Morgan fingerprint density at radius 2 is 2.09 bits per heavy atom. The Kier molecular flexibility index (Phi) is 4.11. The smallest absolute Gasteiger partial charge is 0.293 e. The van der Waals surface area contributed by atoms with Gasteiger partial charge in [-0.3, -0.25) is 4.79 Å². The van der Waals surface area contributed by atoms with Gasteiger partial charge < -0.3 is 10.5 Å². The fourth-order valence-electron chi connectivity index (χ4n) is 1.01. The van der Waals surface area contributed by atoms with Gasteiger partial charge in [0.15, 0.2) is 0 Å². The third-order valence-electron chi connectivity index (χ3n) is 1.25. The summed E-state index contributed by atoms with van der Waals surface area (Å²) in [5.41, 5.74) is 5.86. The molecule has 0 amide bonds. The molecule has 0 unspecified atom stereocenters. The largest absolute Gasteiger partial charge is 0.466 e. The van der Waals surface area contributed by atoms with Gasteiger partial charge >= 0.3 is 0 Å². The first-order chi connectivity index (χ1) is 4.95. The molecule has 0 radical (unpaired) electrons. The van der Waals surface area contributed by atoms with E-state index in [-0.39, 0.29) is 11.5 Å². The quantitative estimate of drug-likeness (QED) is 0.621. The second kappa shape index (κ2) is 4.34. The second-order valence-corrected chi connectivity index (χ2v) is 3.95. The van der Waals surface area contributed by atoms with Gasteiger partial charge in [-0.2, -0.15) is 0 Å². The first-order valence-corrected chi connectivity index (χ1v) is 3.76. The number of carbonyl (C=O) groups excluding carboxylic acids is 1. The Labute approximate surface area is 67.9 Å². The number of rotatable bonds is 4. The maximum absolute atomic E-state index is 9.80. The van der Waals surface area contributed by atoms with E-state index in [9.17, 15) is 4.79 Å². The van der Waals surface area contributed by atoms with E-state index >= 15 is 0 Å². The minimum Gasteiger partial charge on any atom is -0.466 e. The van der Waals surface area contributed by atoms with E-state index in [2.05, 4.69) is 25.5 Å². The summed E-state index contributed by atoms with van der Waals surface area (Å²) >= 11 is 0. The maximum atomic E-state index is 9.80. The Bertz CT molecular complexity index is 118. The summed E-state index contributed by atoms with van der Waals surface area (Å²) in [6, 6.07) is -0.0415. The fourth-order valence-corrected chi connectivity index (χ4v) is 1.01. The molecule has 0 aromatic heterocycles. The molecule has 3 nitrogen and oxygen atoms in total. The van der Waals surface area contributed by atoms with Crippen LogP contribution < -0.4 is 5.73 Å². The van der Waals surface area contributed by atoms with Gasteiger partial charge in [0, 0.05) is 6.04 Å². The molecule has 0 saturated heterocycles. The van der Waals surface area contributed by atoms with Crippen molar-refractivity contribution in [3.8, 4) is 0 Å². The molecule has 0 saturated carbocycles. The molecule has 0 fully saturated rings. The number of hydrogen-bond donors (Lipinski definition) is 1. The van der Waals surface area contributed by atoms with Crippen LogP contribution >= 0.6 is 0 Å². The normalized spacial score (nSPS) is 14.2. The third-order valence-corrected chi connectivity index (χ3v) is 1.25. The van der Waals surface area contributed by atoms with Crippen LogP contribution in [-0.2, 0) is 9.53 Å². The fraction of sp³-hybridized carbons (Fsp3) is 0.875. The summed E-state index contributed by atoms with van der Waals surface area (Å²) in [5, 5.41) is 0. The highest BCUT2D eigenvalue weighted by molar-refractivity contribution is 5.36. The minimum atomic E-state index is -0.0415. The summed E-state index contributed by atoms with van der Waals surface area (Å²) < 4.78 is 4.54. The van der Waals surface area contributed by atoms with Crippen LogP contribution in [0.25, 0.3) is 0 Å². The summed E-state index contributed by atoms with van der Waals surface area (Å²) in [7, 11) is 0. The highest BCUT2D eigenvalue weighted by atomic mass is 16.5. The molecule has 0 heterocycles. The molecule has 11 heavy (non-hydrogen) atoms. The van der Waals surface area contributed by atoms with Crippen LogP contribution in [0.4, 0.5) is 0 Å². The Balaban J connectivity index is 3.51. The highest BCUT2D eigenvalue weighted by Crippen LogP contribution is 2.19. The van der Waals surface area contributed by atoms with Crippen molar-refractivity contribution in [3.05, 3.63) is 0 Å². The third kappa shape index (κ3) is 7.33. The number of carbonyl (C=O) groups is 1. The lowest BCUT2D eigenvalue weighted by Gasteiger charge is -2.22. The first-order valence-electron chi connectivity index (χ1n) is 3.76. The molecular weight excluding hydrogens is 142 g/mol. The van der Waals surface area contributed by atoms with Crippen molar-refractivity contribution in [2.45, 2.75) is 33.2 Å². The second-order valence-electron chi connectivity index (χ2n) is 3.95. The van der Waals surface area contributed by atoms with Crippen LogP contribution in [0.1, 0.15) is 27.2 Å². The van der Waals surface area contributed by atoms with E-state index in [1.807, 2.05) is 0 Å². The zero-order valence-electron chi connectivity index (χ0n) is 7.46. The lowest BCUT2D eigenvalue weighted by Crippen LogP contribution is -2.30. The maximum Gasteiger partial charge on any atom is 0.293 e. The number of hydrogen-bond acceptors (Lipinski definition) is 3. The van der Waals surface area contributed by atoms with Crippen LogP contribution in [0.15, 0.2) is 0 Å². The van der Waals surface area contributed by atoms with Gasteiger partial charge in [0.1, 0.15) is 6.61 Å². The summed E-state index contributed by atoms with van der Waals surface area (Å²) in [5.74, 6) is 0. The van der Waals surface area contributed by atoms with Crippen molar-refractivity contribution in [1.82, 2.24) is 0 Å². The van der Waals surface area contributed by atoms with E-state index in [1.165, 1.54) is 0 Å². The van der Waals surface area contributed by atoms with Gasteiger partial charge in [-0.1, -0.05) is 20.8 Å². The van der Waals surface area contributed by atoms with Gasteiger partial charge in [-0.05, 0) is 11.8 Å². The summed E-state index contributed by atoms with van der Waals surface area (Å²) in [4.78, 5) is 9.80. The van der Waals surface area contributed by atoms with Crippen molar-refractivity contribution >= 4 is 6.47 Å². The molecule has 0 aliphatic carbocycles. The van der Waals surface area contributed by atoms with Crippen molar-refractivity contribution < 1.29 is 9.53 Å².